The Morgan fingerprint density at radius 3 is 2.70 bits per heavy atom. The van der Waals surface area contributed by atoms with Gasteiger partial charge in [-0.05, 0) is 49.6 Å². The van der Waals surface area contributed by atoms with Crippen molar-refractivity contribution in [3.63, 3.8) is 0 Å². The molecule has 3 heterocycles. The molecule has 0 bridgehead atoms. The summed E-state index contributed by atoms with van der Waals surface area (Å²) in [5.41, 5.74) is 1.99. The van der Waals surface area contributed by atoms with Crippen LogP contribution in [0.5, 0.6) is 11.5 Å². The molecule has 0 aromatic heterocycles. The second-order valence-corrected chi connectivity index (χ2v) is 9.39. The highest BCUT2D eigenvalue weighted by Crippen LogP contribution is 2.37. The number of benzene rings is 2. The molecular weight excluding hydrogens is 472 g/mol. The number of carbonyl (C=O) groups is 3. The average Bonchev–Trinajstić information content (AvgIpc) is 3.55. The SMILES string of the molecule is CCN1C(=O)NC(c2cccc(Oc3ccccc3)c2)C2=C1CN(CCC(=O)NCC1CCCO1)C2=O. The first-order chi connectivity index (χ1) is 18.0. The Hall–Kier alpha value is -3.85. The molecule has 3 aliphatic heterocycles. The fourth-order valence-corrected chi connectivity index (χ4v) is 5.05. The van der Waals surface area contributed by atoms with Crippen molar-refractivity contribution in [1.29, 1.82) is 0 Å². The van der Waals surface area contributed by atoms with E-state index in [1.54, 1.807) is 9.80 Å². The van der Waals surface area contributed by atoms with Crippen molar-refractivity contribution in [1.82, 2.24) is 20.4 Å². The fourth-order valence-electron chi connectivity index (χ4n) is 5.05. The first-order valence-corrected chi connectivity index (χ1v) is 12.8. The maximum Gasteiger partial charge on any atom is 0.322 e. The zero-order valence-electron chi connectivity index (χ0n) is 20.9. The predicted octanol–water partition coefficient (Wildman–Crippen LogP) is 3.35. The van der Waals surface area contributed by atoms with E-state index in [1.165, 1.54) is 0 Å². The summed E-state index contributed by atoms with van der Waals surface area (Å²) >= 11 is 0. The van der Waals surface area contributed by atoms with Gasteiger partial charge in [-0.1, -0.05) is 30.3 Å². The topological polar surface area (TPSA) is 100 Å². The Labute approximate surface area is 216 Å². The molecule has 0 aliphatic carbocycles. The van der Waals surface area contributed by atoms with Gasteiger partial charge < -0.3 is 25.0 Å². The summed E-state index contributed by atoms with van der Waals surface area (Å²) in [6.45, 7) is 4.13. The summed E-state index contributed by atoms with van der Waals surface area (Å²) in [4.78, 5) is 42.2. The van der Waals surface area contributed by atoms with Crippen LogP contribution in [0.3, 0.4) is 0 Å². The molecule has 0 saturated carbocycles. The molecule has 2 aromatic rings. The number of rotatable bonds is 9. The van der Waals surface area contributed by atoms with Gasteiger partial charge in [-0.2, -0.15) is 0 Å². The van der Waals surface area contributed by atoms with Gasteiger partial charge in [0.2, 0.25) is 5.91 Å². The van der Waals surface area contributed by atoms with Crippen molar-refractivity contribution in [2.24, 2.45) is 0 Å². The summed E-state index contributed by atoms with van der Waals surface area (Å²) in [7, 11) is 0. The van der Waals surface area contributed by atoms with Gasteiger partial charge in [0.15, 0.2) is 0 Å². The summed E-state index contributed by atoms with van der Waals surface area (Å²) in [5, 5.41) is 5.90. The normalized spacial score (nSPS) is 21.2. The number of amides is 4. The van der Waals surface area contributed by atoms with Gasteiger partial charge in [0.1, 0.15) is 11.5 Å². The Balaban J connectivity index is 1.30. The molecule has 1 fully saturated rings. The van der Waals surface area contributed by atoms with Crippen LogP contribution >= 0.6 is 0 Å². The Bertz CT molecular complexity index is 1190. The zero-order chi connectivity index (χ0) is 25.8. The van der Waals surface area contributed by atoms with Crippen molar-refractivity contribution in [2.75, 3.05) is 32.8 Å². The van der Waals surface area contributed by atoms with Crippen molar-refractivity contribution >= 4 is 17.8 Å². The maximum absolute atomic E-state index is 13.6. The van der Waals surface area contributed by atoms with Crippen LogP contribution in [0.4, 0.5) is 4.79 Å². The quantitative estimate of drug-likeness (QED) is 0.546. The minimum atomic E-state index is -0.601. The standard InChI is InChI=1S/C28H32N4O5/c1-2-32-23-18-31(14-13-24(33)29-17-22-12-7-15-36-22)27(34)25(23)26(30-28(32)35)19-8-6-11-21(16-19)37-20-9-4-3-5-10-20/h3-6,8-11,16,22,26H,2,7,12-15,17-18H2,1H3,(H,29,33)(H,30,35). The van der Waals surface area contributed by atoms with E-state index in [0.717, 1.165) is 25.0 Å². The molecule has 0 radical (unpaired) electrons. The number of likely N-dealkylation sites (N-methyl/N-ethyl adjacent to an activating group) is 1. The minimum absolute atomic E-state index is 0.0731. The Morgan fingerprint density at radius 1 is 1.14 bits per heavy atom. The average molecular weight is 505 g/mol. The Kier molecular flexibility index (Phi) is 7.41. The fraction of sp³-hybridized carbons (Fsp3) is 0.393. The molecule has 37 heavy (non-hydrogen) atoms. The van der Waals surface area contributed by atoms with Crippen LogP contribution in [-0.4, -0.2) is 66.5 Å². The van der Waals surface area contributed by atoms with Gasteiger partial charge in [0.25, 0.3) is 5.91 Å². The lowest BCUT2D eigenvalue weighted by Crippen LogP contribution is -2.47. The lowest BCUT2D eigenvalue weighted by molar-refractivity contribution is -0.127. The number of nitrogens with one attached hydrogen (secondary N) is 2. The van der Waals surface area contributed by atoms with Crippen LogP contribution in [0.25, 0.3) is 0 Å². The highest BCUT2D eigenvalue weighted by Gasteiger charge is 2.43. The van der Waals surface area contributed by atoms with E-state index in [0.29, 0.717) is 42.4 Å². The number of para-hydroxylation sites is 1. The van der Waals surface area contributed by atoms with E-state index in [4.69, 9.17) is 9.47 Å². The van der Waals surface area contributed by atoms with Crippen LogP contribution in [0.1, 0.15) is 37.8 Å². The van der Waals surface area contributed by atoms with Crippen LogP contribution < -0.4 is 15.4 Å². The number of carbonyl (C=O) groups excluding carboxylic acids is 3. The number of nitrogens with zero attached hydrogens (tertiary/aromatic N) is 2. The predicted molar refractivity (Wildman–Crippen MR) is 137 cm³/mol. The van der Waals surface area contributed by atoms with Crippen LogP contribution in [0.2, 0.25) is 0 Å². The van der Waals surface area contributed by atoms with Gasteiger partial charge in [-0.15, -0.1) is 0 Å². The molecule has 9 nitrogen and oxygen atoms in total. The largest absolute Gasteiger partial charge is 0.457 e. The van der Waals surface area contributed by atoms with Gasteiger partial charge in [0.05, 0.1) is 30.0 Å². The smallest absolute Gasteiger partial charge is 0.322 e. The Morgan fingerprint density at radius 2 is 1.95 bits per heavy atom. The molecule has 9 heteroatoms. The molecule has 2 N–H and O–H groups in total. The van der Waals surface area contributed by atoms with E-state index in [1.807, 2.05) is 61.5 Å². The lowest BCUT2D eigenvalue weighted by atomic mass is 9.95. The van der Waals surface area contributed by atoms with E-state index in [2.05, 4.69) is 10.6 Å². The first-order valence-electron chi connectivity index (χ1n) is 12.8. The van der Waals surface area contributed by atoms with E-state index >= 15 is 0 Å². The summed E-state index contributed by atoms with van der Waals surface area (Å²) < 4.78 is 11.5. The first kappa shape index (κ1) is 24.8. The highest BCUT2D eigenvalue weighted by atomic mass is 16.5. The molecule has 2 unspecified atom stereocenters. The molecule has 0 spiro atoms. The molecular formula is C28H32N4O5. The summed E-state index contributed by atoms with van der Waals surface area (Å²) in [6.07, 6.45) is 2.23. The van der Waals surface area contributed by atoms with Gasteiger partial charge in [-0.3, -0.25) is 14.5 Å². The van der Waals surface area contributed by atoms with E-state index in [-0.39, 0.29) is 36.9 Å². The monoisotopic (exact) mass is 504 g/mol. The van der Waals surface area contributed by atoms with Crippen molar-refractivity contribution in [3.8, 4) is 11.5 Å². The molecule has 194 valence electrons. The van der Waals surface area contributed by atoms with Crippen LogP contribution in [-0.2, 0) is 14.3 Å². The number of hydrogen-bond acceptors (Lipinski definition) is 5. The third-order valence-corrected chi connectivity index (χ3v) is 6.94. The molecule has 2 atom stereocenters. The number of hydrogen-bond donors (Lipinski definition) is 2. The minimum Gasteiger partial charge on any atom is -0.457 e. The third-order valence-electron chi connectivity index (χ3n) is 6.94. The lowest BCUT2D eigenvalue weighted by Gasteiger charge is -2.33. The second-order valence-electron chi connectivity index (χ2n) is 9.39. The van der Waals surface area contributed by atoms with Crippen LogP contribution in [0.15, 0.2) is 65.9 Å². The number of ether oxygens (including phenoxy) is 2. The van der Waals surface area contributed by atoms with Crippen molar-refractivity contribution in [2.45, 2.75) is 38.3 Å². The second kappa shape index (κ2) is 11.0. The molecule has 1 saturated heterocycles. The molecule has 3 aliphatic rings. The number of urea groups is 1. The van der Waals surface area contributed by atoms with E-state index in [9.17, 15) is 14.4 Å². The van der Waals surface area contributed by atoms with Gasteiger partial charge >= 0.3 is 6.03 Å². The van der Waals surface area contributed by atoms with Crippen molar-refractivity contribution in [3.05, 3.63) is 71.4 Å². The third kappa shape index (κ3) is 5.46. The van der Waals surface area contributed by atoms with Gasteiger partial charge in [-0.25, -0.2) is 4.79 Å². The van der Waals surface area contributed by atoms with Crippen molar-refractivity contribution < 1.29 is 23.9 Å². The van der Waals surface area contributed by atoms with E-state index < -0.39 is 6.04 Å². The summed E-state index contributed by atoms with van der Waals surface area (Å²) in [6, 6.07) is 16.0. The molecule has 4 amide bonds. The maximum atomic E-state index is 13.6. The summed E-state index contributed by atoms with van der Waals surface area (Å²) in [5.74, 6) is 1.03. The highest BCUT2D eigenvalue weighted by molar-refractivity contribution is 6.01. The van der Waals surface area contributed by atoms with Crippen LogP contribution in [0, 0.1) is 0 Å². The molecule has 5 rings (SSSR count). The van der Waals surface area contributed by atoms with Gasteiger partial charge in [0, 0.05) is 32.7 Å². The molecule has 2 aromatic carbocycles. The zero-order valence-corrected chi connectivity index (χ0v) is 20.9.